The van der Waals surface area contributed by atoms with Gasteiger partial charge in [0.1, 0.15) is 5.69 Å². The fraction of sp³-hybridized carbons (Fsp3) is 0.500. The first-order valence-electron chi connectivity index (χ1n) is 6.64. The standard InChI is InChI=1S/C14H23N5O/c1-5-7-14(4,9-20)19-12-11(16-8-6-2)10(3)17-13(15)18-12/h6,8,20H,2,5,7,9H2,1,3-4H3,(H3,15,17,18,19)/t14-/m1/s1. The Morgan fingerprint density at radius 3 is 2.75 bits per heavy atom. The summed E-state index contributed by atoms with van der Waals surface area (Å²) in [4.78, 5) is 12.6. The highest BCUT2D eigenvalue weighted by molar-refractivity contribution is 5.78. The normalized spacial score (nSPS) is 14.2. The predicted molar refractivity (Wildman–Crippen MR) is 83.6 cm³/mol. The van der Waals surface area contributed by atoms with Gasteiger partial charge in [-0.15, -0.1) is 0 Å². The zero-order valence-corrected chi connectivity index (χ0v) is 12.3. The maximum atomic E-state index is 9.59. The maximum absolute atomic E-state index is 9.59. The summed E-state index contributed by atoms with van der Waals surface area (Å²) < 4.78 is 0. The molecule has 1 rings (SSSR count). The van der Waals surface area contributed by atoms with E-state index in [9.17, 15) is 5.11 Å². The first-order valence-corrected chi connectivity index (χ1v) is 6.64. The third-order valence-electron chi connectivity index (χ3n) is 2.96. The van der Waals surface area contributed by atoms with E-state index in [0.717, 1.165) is 12.8 Å². The highest BCUT2D eigenvalue weighted by Gasteiger charge is 2.24. The number of aliphatic imine (C=N–C) groups is 1. The molecule has 6 heteroatoms. The molecule has 1 aromatic heterocycles. The molecule has 4 N–H and O–H groups in total. The number of aromatic nitrogens is 2. The molecule has 0 saturated heterocycles. The van der Waals surface area contributed by atoms with Gasteiger partial charge in [-0.1, -0.05) is 26.0 Å². The summed E-state index contributed by atoms with van der Waals surface area (Å²) in [6, 6.07) is 0. The minimum absolute atomic E-state index is 0.00555. The average Bonchev–Trinajstić information content (AvgIpc) is 2.38. The van der Waals surface area contributed by atoms with Crippen molar-refractivity contribution < 1.29 is 5.11 Å². The third-order valence-corrected chi connectivity index (χ3v) is 2.96. The van der Waals surface area contributed by atoms with Crippen LogP contribution in [0.2, 0.25) is 0 Å². The fourth-order valence-corrected chi connectivity index (χ4v) is 1.98. The molecule has 1 aromatic rings. The largest absolute Gasteiger partial charge is 0.394 e. The average molecular weight is 277 g/mol. The molecule has 0 amide bonds. The molecule has 6 nitrogen and oxygen atoms in total. The van der Waals surface area contributed by atoms with Gasteiger partial charge in [0.25, 0.3) is 0 Å². The van der Waals surface area contributed by atoms with E-state index in [1.165, 1.54) is 0 Å². The molecule has 0 aliphatic heterocycles. The van der Waals surface area contributed by atoms with Gasteiger partial charge in [-0.25, -0.2) is 4.98 Å². The van der Waals surface area contributed by atoms with E-state index in [1.807, 2.05) is 13.8 Å². The van der Waals surface area contributed by atoms with Crippen LogP contribution in [0.1, 0.15) is 32.4 Å². The second-order valence-corrected chi connectivity index (χ2v) is 4.97. The van der Waals surface area contributed by atoms with Gasteiger partial charge in [0.15, 0.2) is 5.82 Å². The third kappa shape index (κ3) is 4.03. The second-order valence-electron chi connectivity index (χ2n) is 4.97. The molecule has 1 atom stereocenters. The Bertz CT molecular complexity index is 501. The summed E-state index contributed by atoms with van der Waals surface area (Å²) in [5.41, 5.74) is 6.50. The number of hydrogen-bond donors (Lipinski definition) is 3. The van der Waals surface area contributed by atoms with Gasteiger partial charge in [-0.05, 0) is 20.3 Å². The lowest BCUT2D eigenvalue weighted by molar-refractivity contribution is 0.213. The van der Waals surface area contributed by atoms with Gasteiger partial charge in [-0.2, -0.15) is 4.98 Å². The molecule has 0 aromatic carbocycles. The van der Waals surface area contributed by atoms with Crippen molar-refractivity contribution in [1.82, 2.24) is 9.97 Å². The van der Waals surface area contributed by atoms with E-state index >= 15 is 0 Å². The Balaban J connectivity index is 3.21. The second kappa shape index (κ2) is 7.00. The van der Waals surface area contributed by atoms with Crippen molar-refractivity contribution in [3.63, 3.8) is 0 Å². The van der Waals surface area contributed by atoms with E-state index in [2.05, 4.69) is 33.8 Å². The van der Waals surface area contributed by atoms with Crippen molar-refractivity contribution >= 4 is 23.7 Å². The van der Waals surface area contributed by atoms with Crippen LogP contribution in [0, 0.1) is 6.92 Å². The summed E-state index contributed by atoms with van der Waals surface area (Å²) in [6.45, 7) is 9.40. The van der Waals surface area contributed by atoms with Crippen molar-refractivity contribution in [3.8, 4) is 0 Å². The molecule has 0 unspecified atom stereocenters. The van der Waals surface area contributed by atoms with Gasteiger partial charge in [-0.3, -0.25) is 4.99 Å². The number of anilines is 2. The van der Waals surface area contributed by atoms with Crippen LogP contribution >= 0.6 is 0 Å². The number of nitrogen functional groups attached to an aromatic ring is 1. The quantitative estimate of drug-likeness (QED) is 0.664. The van der Waals surface area contributed by atoms with E-state index in [1.54, 1.807) is 12.3 Å². The van der Waals surface area contributed by atoms with Crippen LogP contribution in [0.5, 0.6) is 0 Å². The monoisotopic (exact) mass is 277 g/mol. The van der Waals surface area contributed by atoms with Crippen molar-refractivity contribution in [2.75, 3.05) is 17.7 Å². The SMILES string of the molecule is C=CC=Nc1c(C)nc(N)nc1N[C@@](C)(CO)CCC. The van der Waals surface area contributed by atoms with E-state index in [-0.39, 0.29) is 12.6 Å². The summed E-state index contributed by atoms with van der Waals surface area (Å²) in [5.74, 6) is 0.706. The Morgan fingerprint density at radius 1 is 1.50 bits per heavy atom. The van der Waals surface area contributed by atoms with Crippen LogP contribution in [-0.2, 0) is 0 Å². The van der Waals surface area contributed by atoms with Crippen LogP contribution in [0.3, 0.4) is 0 Å². The van der Waals surface area contributed by atoms with E-state index < -0.39 is 5.54 Å². The topological polar surface area (TPSA) is 96.4 Å². The summed E-state index contributed by atoms with van der Waals surface area (Å²) >= 11 is 0. The Hall–Kier alpha value is -1.95. The van der Waals surface area contributed by atoms with Crippen molar-refractivity contribution in [2.45, 2.75) is 39.2 Å². The summed E-state index contributed by atoms with van der Waals surface area (Å²) in [5, 5.41) is 12.8. The van der Waals surface area contributed by atoms with Gasteiger partial charge < -0.3 is 16.2 Å². The molecule has 0 spiro atoms. The number of hydrogen-bond acceptors (Lipinski definition) is 6. The van der Waals surface area contributed by atoms with Crippen molar-refractivity contribution in [3.05, 3.63) is 18.3 Å². The van der Waals surface area contributed by atoms with Gasteiger partial charge in [0.2, 0.25) is 5.95 Å². The number of allylic oxidation sites excluding steroid dienone is 1. The molecular weight excluding hydrogens is 254 g/mol. The van der Waals surface area contributed by atoms with Crippen LogP contribution < -0.4 is 11.1 Å². The Kier molecular flexibility index (Phi) is 5.64. The number of aliphatic hydroxyl groups excluding tert-OH is 1. The number of rotatable bonds is 7. The van der Waals surface area contributed by atoms with E-state index in [4.69, 9.17) is 5.73 Å². The molecule has 1 heterocycles. The molecule has 0 bridgehead atoms. The fourth-order valence-electron chi connectivity index (χ4n) is 1.98. The molecule has 20 heavy (non-hydrogen) atoms. The predicted octanol–water partition coefficient (Wildman–Crippen LogP) is 2.22. The number of nitrogens with zero attached hydrogens (tertiary/aromatic N) is 3. The number of aliphatic hydroxyl groups is 1. The molecule has 0 aliphatic rings. The summed E-state index contributed by atoms with van der Waals surface area (Å²) in [7, 11) is 0. The maximum Gasteiger partial charge on any atom is 0.222 e. The van der Waals surface area contributed by atoms with Crippen LogP contribution in [0.4, 0.5) is 17.5 Å². The highest BCUT2D eigenvalue weighted by Crippen LogP contribution is 2.30. The van der Waals surface area contributed by atoms with Gasteiger partial charge in [0, 0.05) is 6.21 Å². The van der Waals surface area contributed by atoms with Crippen LogP contribution in [0.15, 0.2) is 17.6 Å². The smallest absolute Gasteiger partial charge is 0.222 e. The highest BCUT2D eigenvalue weighted by atomic mass is 16.3. The molecule has 0 saturated carbocycles. The molecule has 0 fully saturated rings. The zero-order chi connectivity index (χ0) is 15.2. The Morgan fingerprint density at radius 2 is 2.20 bits per heavy atom. The lowest BCUT2D eigenvalue weighted by atomic mass is 9.97. The molecule has 110 valence electrons. The van der Waals surface area contributed by atoms with Crippen LogP contribution in [0.25, 0.3) is 0 Å². The van der Waals surface area contributed by atoms with Crippen molar-refractivity contribution in [2.24, 2.45) is 4.99 Å². The number of aryl methyl sites for hydroxylation is 1. The van der Waals surface area contributed by atoms with E-state index in [0.29, 0.717) is 17.2 Å². The van der Waals surface area contributed by atoms with Gasteiger partial charge >= 0.3 is 0 Å². The first kappa shape index (κ1) is 16.1. The minimum Gasteiger partial charge on any atom is -0.394 e. The molecular formula is C14H23N5O. The zero-order valence-electron chi connectivity index (χ0n) is 12.3. The number of nitrogens with two attached hydrogens (primary N) is 1. The molecule has 0 aliphatic carbocycles. The van der Waals surface area contributed by atoms with Crippen molar-refractivity contribution in [1.29, 1.82) is 0 Å². The van der Waals surface area contributed by atoms with Gasteiger partial charge in [0.05, 0.1) is 17.8 Å². The number of nitrogens with one attached hydrogen (secondary N) is 1. The lowest BCUT2D eigenvalue weighted by Gasteiger charge is -2.29. The first-order chi connectivity index (χ1) is 9.45. The Labute approximate surface area is 119 Å². The molecule has 0 radical (unpaired) electrons. The summed E-state index contributed by atoms with van der Waals surface area (Å²) in [6.07, 6.45) is 4.89. The lowest BCUT2D eigenvalue weighted by Crippen LogP contribution is -2.39. The minimum atomic E-state index is -0.472. The van der Waals surface area contributed by atoms with Crippen LogP contribution in [-0.4, -0.2) is 33.4 Å².